The van der Waals surface area contributed by atoms with E-state index in [9.17, 15) is 4.79 Å². The number of hydrogen-bond donors (Lipinski definition) is 3. The zero-order chi connectivity index (χ0) is 22.6. The van der Waals surface area contributed by atoms with Crippen LogP contribution in [0.25, 0.3) is 0 Å². The molecule has 0 heterocycles. The Bertz CT molecular complexity index is 870. The lowest BCUT2D eigenvalue weighted by atomic mass is 10.1. The molecule has 0 aromatic heterocycles. The van der Waals surface area contributed by atoms with Crippen LogP contribution in [0.3, 0.4) is 0 Å². The molecule has 0 aliphatic rings. The fraction of sp³-hybridized carbons (Fsp3) is 0.417. The van der Waals surface area contributed by atoms with Crippen LogP contribution in [-0.4, -0.2) is 37.7 Å². The van der Waals surface area contributed by atoms with E-state index in [4.69, 9.17) is 20.2 Å². The molecule has 0 saturated heterocycles. The van der Waals surface area contributed by atoms with Gasteiger partial charge in [-0.05, 0) is 63.4 Å². The van der Waals surface area contributed by atoms with E-state index in [0.29, 0.717) is 12.3 Å². The number of nitrogens with one attached hydrogen (secondary N) is 2. The monoisotopic (exact) mass is 554 g/mol. The molecule has 0 unspecified atom stereocenters. The van der Waals surface area contributed by atoms with Crippen molar-refractivity contribution in [3.05, 3.63) is 59.2 Å². The number of halogens is 1. The van der Waals surface area contributed by atoms with Gasteiger partial charge in [-0.1, -0.05) is 24.3 Å². The molecule has 7 nitrogen and oxygen atoms in total. The molecule has 0 radical (unpaired) electrons. The fourth-order valence-corrected chi connectivity index (χ4v) is 2.89. The Labute approximate surface area is 208 Å². The van der Waals surface area contributed by atoms with Crippen LogP contribution in [0.4, 0.5) is 0 Å². The van der Waals surface area contributed by atoms with E-state index >= 15 is 0 Å². The highest BCUT2D eigenvalue weighted by molar-refractivity contribution is 14.0. The number of carbonyl (C=O) groups is 1. The first-order valence-electron chi connectivity index (χ1n) is 10.7. The van der Waals surface area contributed by atoms with E-state index in [0.717, 1.165) is 42.3 Å². The summed E-state index contributed by atoms with van der Waals surface area (Å²) in [7, 11) is 0. The molecule has 0 fully saturated rings. The van der Waals surface area contributed by atoms with E-state index in [1.807, 2.05) is 45.0 Å². The summed E-state index contributed by atoms with van der Waals surface area (Å²) in [5.74, 6) is 1.79. The normalized spacial score (nSPS) is 11.0. The largest absolute Gasteiger partial charge is 0.491 e. The Balaban J connectivity index is 0.00000512. The number of aryl methyl sites for hydroxylation is 1. The van der Waals surface area contributed by atoms with Gasteiger partial charge in [0.05, 0.1) is 12.6 Å². The van der Waals surface area contributed by atoms with Gasteiger partial charge in [0, 0.05) is 18.7 Å². The van der Waals surface area contributed by atoms with E-state index in [-0.39, 0.29) is 36.7 Å². The molecule has 0 aliphatic heterocycles. The molecule has 0 aliphatic carbocycles. The van der Waals surface area contributed by atoms with Gasteiger partial charge in [0.25, 0.3) is 5.91 Å². The number of guanidine groups is 1. The maximum atomic E-state index is 10.8. The maximum absolute atomic E-state index is 10.8. The van der Waals surface area contributed by atoms with Crippen molar-refractivity contribution in [3.8, 4) is 11.5 Å². The molecule has 2 aromatic rings. The lowest BCUT2D eigenvalue weighted by Crippen LogP contribution is -2.38. The lowest BCUT2D eigenvalue weighted by molar-refractivity contribution is -0.119. The van der Waals surface area contributed by atoms with Crippen molar-refractivity contribution < 1.29 is 14.3 Å². The fourth-order valence-electron chi connectivity index (χ4n) is 2.89. The van der Waals surface area contributed by atoms with E-state index < -0.39 is 5.91 Å². The van der Waals surface area contributed by atoms with Crippen LogP contribution in [0.1, 0.15) is 37.5 Å². The van der Waals surface area contributed by atoms with Gasteiger partial charge in [-0.25, -0.2) is 4.99 Å². The van der Waals surface area contributed by atoms with Gasteiger partial charge in [-0.2, -0.15) is 0 Å². The number of nitrogens with two attached hydrogens (primary N) is 1. The van der Waals surface area contributed by atoms with Gasteiger partial charge in [0.2, 0.25) is 0 Å². The highest BCUT2D eigenvalue weighted by atomic mass is 127. The van der Waals surface area contributed by atoms with Crippen molar-refractivity contribution in [2.24, 2.45) is 10.7 Å². The second kappa shape index (κ2) is 14.5. The molecule has 176 valence electrons. The second-order valence-corrected chi connectivity index (χ2v) is 7.55. The van der Waals surface area contributed by atoms with E-state index in [1.54, 1.807) is 0 Å². The van der Waals surface area contributed by atoms with Gasteiger partial charge >= 0.3 is 0 Å². The topological polar surface area (TPSA) is 98.0 Å². The first-order chi connectivity index (χ1) is 14.9. The minimum absolute atomic E-state index is 0. The quantitative estimate of drug-likeness (QED) is 0.224. The third-order valence-corrected chi connectivity index (χ3v) is 4.35. The Hall–Kier alpha value is -2.49. The number of aliphatic imine (C=N–C) groups is 1. The number of hydrogen-bond acceptors (Lipinski definition) is 4. The zero-order valence-corrected chi connectivity index (χ0v) is 21.6. The van der Waals surface area contributed by atoms with Gasteiger partial charge in [0.15, 0.2) is 12.6 Å². The van der Waals surface area contributed by atoms with Crippen LogP contribution >= 0.6 is 24.0 Å². The highest BCUT2D eigenvalue weighted by Gasteiger charge is 2.07. The van der Waals surface area contributed by atoms with Gasteiger partial charge < -0.3 is 25.8 Å². The van der Waals surface area contributed by atoms with E-state index in [1.165, 1.54) is 5.56 Å². The number of carbonyl (C=O) groups excluding carboxylic acids is 1. The highest BCUT2D eigenvalue weighted by Crippen LogP contribution is 2.22. The first-order valence-corrected chi connectivity index (χ1v) is 10.7. The summed E-state index contributed by atoms with van der Waals surface area (Å²) in [4.78, 5) is 15.5. The summed E-state index contributed by atoms with van der Waals surface area (Å²) in [6.07, 6.45) is 0.940. The second-order valence-electron chi connectivity index (χ2n) is 7.55. The Morgan fingerprint density at radius 1 is 1.12 bits per heavy atom. The molecule has 0 spiro atoms. The average molecular weight is 554 g/mol. The number of ether oxygens (including phenoxy) is 2. The van der Waals surface area contributed by atoms with Crippen LogP contribution in [0.5, 0.6) is 11.5 Å². The average Bonchev–Trinajstić information content (AvgIpc) is 2.72. The summed E-state index contributed by atoms with van der Waals surface area (Å²) in [5, 5.41) is 6.65. The summed E-state index contributed by atoms with van der Waals surface area (Å²) in [6, 6.07) is 13.8. The van der Waals surface area contributed by atoms with Gasteiger partial charge in [0.1, 0.15) is 11.5 Å². The lowest BCUT2D eigenvalue weighted by Gasteiger charge is -2.15. The molecule has 4 N–H and O–H groups in total. The molecular formula is C24H35IN4O3. The summed E-state index contributed by atoms with van der Waals surface area (Å²) < 4.78 is 11.2. The SMILES string of the molecule is CCNC(=NCc1ccc(C)cc1OC(C)C)NCCc1ccc(OCC(N)=O)cc1.I. The molecule has 2 rings (SSSR count). The third-order valence-electron chi connectivity index (χ3n) is 4.35. The van der Waals surface area contributed by atoms with Crippen molar-refractivity contribution >= 4 is 35.8 Å². The summed E-state index contributed by atoms with van der Waals surface area (Å²) >= 11 is 0. The Morgan fingerprint density at radius 3 is 2.47 bits per heavy atom. The van der Waals surface area contributed by atoms with Crippen molar-refractivity contribution in [2.75, 3.05) is 19.7 Å². The number of nitrogens with zero attached hydrogens (tertiary/aromatic N) is 1. The molecule has 0 saturated carbocycles. The molecule has 8 heteroatoms. The smallest absolute Gasteiger partial charge is 0.255 e. The molecule has 0 atom stereocenters. The standard InChI is InChI=1S/C24H34N4O3.HI/c1-5-26-24(28-15-20-9-6-18(4)14-22(20)31-17(2)3)27-13-12-19-7-10-21(11-8-19)30-16-23(25)29;/h6-11,14,17H,5,12-13,15-16H2,1-4H3,(H2,25,29)(H2,26,27,28);1H. The molecule has 32 heavy (non-hydrogen) atoms. The van der Waals surface area contributed by atoms with Crippen LogP contribution < -0.4 is 25.8 Å². The molecular weight excluding hydrogens is 519 g/mol. The predicted molar refractivity (Wildman–Crippen MR) is 140 cm³/mol. The van der Waals surface area contributed by atoms with Gasteiger partial charge in [-0.15, -0.1) is 24.0 Å². The van der Waals surface area contributed by atoms with Crippen LogP contribution in [0.15, 0.2) is 47.5 Å². The minimum Gasteiger partial charge on any atom is -0.491 e. The van der Waals surface area contributed by atoms with Crippen molar-refractivity contribution in [3.63, 3.8) is 0 Å². The third kappa shape index (κ3) is 10.2. The van der Waals surface area contributed by atoms with Crippen molar-refractivity contribution in [2.45, 2.75) is 46.8 Å². The zero-order valence-electron chi connectivity index (χ0n) is 19.3. The summed E-state index contributed by atoms with van der Waals surface area (Å²) in [6.45, 7) is 10.1. The molecule has 1 amide bonds. The number of rotatable bonds is 11. The first kappa shape index (κ1) is 27.5. The van der Waals surface area contributed by atoms with Crippen LogP contribution in [0.2, 0.25) is 0 Å². The minimum atomic E-state index is -0.489. The Morgan fingerprint density at radius 2 is 1.84 bits per heavy atom. The molecule has 2 aromatic carbocycles. The summed E-state index contributed by atoms with van der Waals surface area (Å²) in [5.41, 5.74) is 8.47. The van der Waals surface area contributed by atoms with Crippen molar-refractivity contribution in [1.82, 2.24) is 10.6 Å². The predicted octanol–water partition coefficient (Wildman–Crippen LogP) is 3.56. The van der Waals surface area contributed by atoms with Gasteiger partial charge in [-0.3, -0.25) is 4.79 Å². The number of amides is 1. The van der Waals surface area contributed by atoms with Crippen molar-refractivity contribution in [1.29, 1.82) is 0 Å². The number of primary amides is 1. The van der Waals surface area contributed by atoms with Crippen LogP contribution in [-0.2, 0) is 17.8 Å². The Kier molecular flexibility index (Phi) is 12.5. The molecule has 0 bridgehead atoms. The van der Waals surface area contributed by atoms with Crippen LogP contribution in [0, 0.1) is 6.92 Å². The number of benzene rings is 2. The van der Waals surface area contributed by atoms with E-state index in [2.05, 4.69) is 35.8 Å². The maximum Gasteiger partial charge on any atom is 0.255 e.